The molecular formula is C16H17F2N3O2. The number of hydrogen-bond acceptors (Lipinski definition) is 3. The third-order valence-corrected chi connectivity index (χ3v) is 3.79. The number of aromatic amines is 1. The van der Waals surface area contributed by atoms with E-state index in [-0.39, 0.29) is 18.4 Å². The first-order chi connectivity index (χ1) is 11.0. The van der Waals surface area contributed by atoms with Gasteiger partial charge in [0.2, 0.25) is 5.91 Å². The van der Waals surface area contributed by atoms with Gasteiger partial charge in [0.25, 0.3) is 0 Å². The number of morpholine rings is 1. The Kier molecular flexibility index (Phi) is 4.38. The molecule has 1 aromatic heterocycles. The van der Waals surface area contributed by atoms with E-state index in [1.807, 2.05) is 6.92 Å². The molecular weight excluding hydrogens is 304 g/mol. The number of carbonyl (C=O) groups excluding carboxylic acids is 1. The van der Waals surface area contributed by atoms with E-state index in [1.54, 1.807) is 11.1 Å². The van der Waals surface area contributed by atoms with Gasteiger partial charge in [-0.3, -0.25) is 4.79 Å². The molecule has 2 aromatic rings. The van der Waals surface area contributed by atoms with Gasteiger partial charge >= 0.3 is 0 Å². The second-order valence-corrected chi connectivity index (χ2v) is 5.58. The van der Waals surface area contributed by atoms with Crippen LogP contribution in [0.15, 0.2) is 24.4 Å². The Morgan fingerprint density at radius 1 is 1.43 bits per heavy atom. The van der Waals surface area contributed by atoms with E-state index in [9.17, 15) is 13.6 Å². The quantitative estimate of drug-likeness (QED) is 0.942. The van der Waals surface area contributed by atoms with Crippen LogP contribution in [0.3, 0.4) is 0 Å². The molecule has 0 aliphatic carbocycles. The van der Waals surface area contributed by atoms with Crippen molar-refractivity contribution >= 4 is 5.91 Å². The van der Waals surface area contributed by atoms with Crippen molar-refractivity contribution in [2.24, 2.45) is 0 Å². The molecule has 3 rings (SSSR count). The fraction of sp³-hybridized carbons (Fsp3) is 0.375. The Balaban J connectivity index is 1.65. The summed E-state index contributed by atoms with van der Waals surface area (Å²) in [4.78, 5) is 21.4. The second kappa shape index (κ2) is 6.45. The number of rotatable bonds is 3. The summed E-state index contributed by atoms with van der Waals surface area (Å²) < 4.78 is 31.8. The van der Waals surface area contributed by atoms with Gasteiger partial charge in [-0.1, -0.05) is 6.07 Å². The topological polar surface area (TPSA) is 58.2 Å². The van der Waals surface area contributed by atoms with Crippen molar-refractivity contribution in [3.8, 4) is 0 Å². The number of ether oxygens (including phenoxy) is 1. The van der Waals surface area contributed by atoms with Crippen LogP contribution in [0.2, 0.25) is 0 Å². The summed E-state index contributed by atoms with van der Waals surface area (Å²) in [5.74, 6) is -1.32. The average molecular weight is 321 g/mol. The lowest BCUT2D eigenvalue weighted by molar-refractivity contribution is -0.138. The number of aryl methyl sites for hydroxylation is 1. The third kappa shape index (κ3) is 3.56. The van der Waals surface area contributed by atoms with Crippen LogP contribution in [-0.4, -0.2) is 40.5 Å². The second-order valence-electron chi connectivity index (χ2n) is 5.58. The number of amides is 1. The van der Waals surface area contributed by atoms with Crippen LogP contribution in [-0.2, 0) is 16.0 Å². The summed E-state index contributed by atoms with van der Waals surface area (Å²) in [5, 5.41) is 0. The Hall–Kier alpha value is -2.28. The highest BCUT2D eigenvalue weighted by Crippen LogP contribution is 2.20. The van der Waals surface area contributed by atoms with Crippen molar-refractivity contribution in [3.63, 3.8) is 0 Å². The number of nitrogens with one attached hydrogen (secondary N) is 1. The van der Waals surface area contributed by atoms with E-state index in [1.165, 1.54) is 6.07 Å². The Morgan fingerprint density at radius 2 is 2.26 bits per heavy atom. The lowest BCUT2D eigenvalue weighted by Gasteiger charge is -2.32. The fourth-order valence-electron chi connectivity index (χ4n) is 2.57. The molecule has 1 amide bonds. The zero-order valence-electron chi connectivity index (χ0n) is 12.7. The highest BCUT2D eigenvalue weighted by Gasteiger charge is 2.27. The Bertz CT molecular complexity index is 717. The summed E-state index contributed by atoms with van der Waals surface area (Å²) in [6.07, 6.45) is 1.44. The summed E-state index contributed by atoms with van der Waals surface area (Å²) in [7, 11) is 0. The molecule has 1 atom stereocenters. The van der Waals surface area contributed by atoms with Gasteiger partial charge in [0.1, 0.15) is 11.9 Å². The molecule has 1 saturated heterocycles. The smallest absolute Gasteiger partial charge is 0.227 e. The third-order valence-electron chi connectivity index (χ3n) is 3.79. The van der Waals surface area contributed by atoms with Crippen LogP contribution >= 0.6 is 0 Å². The molecule has 0 spiro atoms. The number of halogens is 2. The maximum absolute atomic E-state index is 13.2. The van der Waals surface area contributed by atoms with Crippen molar-refractivity contribution in [1.29, 1.82) is 0 Å². The number of H-pyrrole nitrogens is 1. The zero-order valence-corrected chi connectivity index (χ0v) is 12.7. The summed E-state index contributed by atoms with van der Waals surface area (Å²) >= 11 is 0. The molecule has 23 heavy (non-hydrogen) atoms. The first kappa shape index (κ1) is 15.6. The lowest BCUT2D eigenvalue weighted by Crippen LogP contribution is -2.43. The van der Waals surface area contributed by atoms with Gasteiger partial charge in [-0.05, 0) is 24.6 Å². The largest absolute Gasteiger partial charge is 0.367 e. The summed E-state index contributed by atoms with van der Waals surface area (Å²) in [6, 6.07) is 3.51. The molecule has 122 valence electrons. The SMILES string of the molecule is Cc1cnc([C@@H]2CN(C(=O)Cc3ccc(F)c(F)c3)CCO2)[nH]1. The number of aromatic nitrogens is 2. The molecule has 0 unspecified atom stereocenters. The van der Waals surface area contributed by atoms with Crippen molar-refractivity contribution in [3.05, 3.63) is 53.1 Å². The maximum Gasteiger partial charge on any atom is 0.227 e. The van der Waals surface area contributed by atoms with Gasteiger partial charge < -0.3 is 14.6 Å². The minimum Gasteiger partial charge on any atom is -0.367 e. The maximum atomic E-state index is 13.2. The van der Waals surface area contributed by atoms with Crippen LogP contribution in [0.1, 0.15) is 23.2 Å². The molecule has 0 saturated carbocycles. The number of nitrogens with zero attached hydrogens (tertiary/aromatic N) is 2. The van der Waals surface area contributed by atoms with E-state index in [0.29, 0.717) is 31.1 Å². The molecule has 1 fully saturated rings. The van der Waals surface area contributed by atoms with Gasteiger partial charge in [0, 0.05) is 18.4 Å². The number of hydrogen-bond donors (Lipinski definition) is 1. The Labute approximate surface area is 132 Å². The van der Waals surface area contributed by atoms with E-state index in [0.717, 1.165) is 17.8 Å². The van der Waals surface area contributed by atoms with Crippen molar-refractivity contribution in [2.45, 2.75) is 19.4 Å². The van der Waals surface area contributed by atoms with Crippen molar-refractivity contribution in [2.75, 3.05) is 19.7 Å². The molecule has 5 nitrogen and oxygen atoms in total. The predicted molar refractivity (Wildman–Crippen MR) is 78.7 cm³/mol. The average Bonchev–Trinajstić information content (AvgIpc) is 2.98. The highest BCUT2D eigenvalue weighted by atomic mass is 19.2. The van der Waals surface area contributed by atoms with Gasteiger partial charge in [-0.15, -0.1) is 0 Å². The molecule has 1 aromatic carbocycles. The van der Waals surface area contributed by atoms with Crippen LogP contribution < -0.4 is 0 Å². The van der Waals surface area contributed by atoms with Crippen molar-refractivity contribution < 1.29 is 18.3 Å². The summed E-state index contributed by atoms with van der Waals surface area (Å²) in [5.41, 5.74) is 1.37. The first-order valence-electron chi connectivity index (χ1n) is 7.38. The van der Waals surface area contributed by atoms with Gasteiger partial charge in [0.05, 0.1) is 19.6 Å². The van der Waals surface area contributed by atoms with Crippen LogP contribution in [0.5, 0.6) is 0 Å². The van der Waals surface area contributed by atoms with Gasteiger partial charge in [0.15, 0.2) is 11.6 Å². The summed E-state index contributed by atoms with van der Waals surface area (Å²) in [6.45, 7) is 3.16. The zero-order chi connectivity index (χ0) is 16.4. The highest BCUT2D eigenvalue weighted by molar-refractivity contribution is 5.78. The molecule has 1 aliphatic heterocycles. The van der Waals surface area contributed by atoms with E-state index in [2.05, 4.69) is 9.97 Å². The van der Waals surface area contributed by atoms with Gasteiger partial charge in [-0.25, -0.2) is 13.8 Å². The molecule has 7 heteroatoms. The number of carbonyl (C=O) groups is 1. The predicted octanol–water partition coefficient (Wildman–Crippen LogP) is 2.14. The monoisotopic (exact) mass is 321 g/mol. The van der Waals surface area contributed by atoms with Crippen LogP contribution in [0, 0.1) is 18.6 Å². The van der Waals surface area contributed by atoms with Crippen LogP contribution in [0.25, 0.3) is 0 Å². The minimum atomic E-state index is -0.943. The van der Waals surface area contributed by atoms with Gasteiger partial charge in [-0.2, -0.15) is 0 Å². The fourth-order valence-corrected chi connectivity index (χ4v) is 2.57. The minimum absolute atomic E-state index is 0.0289. The van der Waals surface area contributed by atoms with E-state index in [4.69, 9.17) is 4.74 Å². The van der Waals surface area contributed by atoms with E-state index < -0.39 is 11.6 Å². The molecule has 0 bridgehead atoms. The molecule has 1 N–H and O–H groups in total. The number of imidazole rings is 1. The number of benzene rings is 1. The first-order valence-corrected chi connectivity index (χ1v) is 7.38. The normalized spacial score (nSPS) is 18.2. The van der Waals surface area contributed by atoms with E-state index >= 15 is 0 Å². The standard InChI is InChI=1S/C16H17F2N3O2/c1-10-8-19-16(20-10)14-9-21(4-5-23-14)15(22)7-11-2-3-12(17)13(18)6-11/h2-3,6,8,14H,4-5,7,9H2,1H3,(H,19,20)/t14-/m0/s1. The van der Waals surface area contributed by atoms with Crippen LogP contribution in [0.4, 0.5) is 8.78 Å². The Morgan fingerprint density at radius 3 is 2.96 bits per heavy atom. The lowest BCUT2D eigenvalue weighted by atomic mass is 10.1. The molecule has 0 radical (unpaired) electrons. The molecule has 2 heterocycles. The molecule has 1 aliphatic rings. The van der Waals surface area contributed by atoms with Crippen molar-refractivity contribution in [1.82, 2.24) is 14.9 Å².